The number of carbonyl (C=O) groups is 3. The van der Waals surface area contributed by atoms with Crippen LogP contribution in [0.5, 0.6) is 0 Å². The zero-order chi connectivity index (χ0) is 38.1. The Labute approximate surface area is 317 Å². The van der Waals surface area contributed by atoms with Gasteiger partial charge in [0.25, 0.3) is 5.91 Å². The second kappa shape index (κ2) is 18.2. The molecule has 1 saturated carbocycles. The first-order valence-electron chi connectivity index (χ1n) is 19.5. The van der Waals surface area contributed by atoms with Gasteiger partial charge in [-0.05, 0) is 47.7 Å². The summed E-state index contributed by atoms with van der Waals surface area (Å²) < 4.78 is 25.4. The Morgan fingerprint density at radius 2 is 1.72 bits per heavy atom. The van der Waals surface area contributed by atoms with Crippen LogP contribution in [0.3, 0.4) is 0 Å². The number of carbonyl (C=O) groups excluding carboxylic acids is 3. The number of benzene rings is 2. The molecule has 4 aliphatic rings. The quantitative estimate of drug-likeness (QED) is 0.0874. The van der Waals surface area contributed by atoms with Crippen LogP contribution in [0.2, 0.25) is 0 Å². The molecule has 54 heavy (non-hydrogen) atoms. The highest BCUT2D eigenvalue weighted by molar-refractivity contribution is 5.95. The van der Waals surface area contributed by atoms with Gasteiger partial charge in [-0.1, -0.05) is 75.9 Å². The van der Waals surface area contributed by atoms with Gasteiger partial charge in [-0.25, -0.2) is 0 Å². The highest BCUT2D eigenvalue weighted by Crippen LogP contribution is 2.58. The van der Waals surface area contributed by atoms with Crippen molar-refractivity contribution >= 4 is 23.9 Å². The number of hydroxylamine groups is 2. The fourth-order valence-corrected chi connectivity index (χ4v) is 8.39. The molecule has 0 spiro atoms. The zero-order valence-corrected chi connectivity index (χ0v) is 31.4. The van der Waals surface area contributed by atoms with Crippen molar-refractivity contribution in [2.75, 3.05) is 26.4 Å². The maximum Gasteiger partial charge on any atom is 0.327 e. The van der Waals surface area contributed by atoms with Crippen molar-refractivity contribution in [2.24, 2.45) is 5.41 Å². The summed E-state index contributed by atoms with van der Waals surface area (Å²) in [6.45, 7) is 4.58. The summed E-state index contributed by atoms with van der Waals surface area (Å²) in [5, 5.41) is 25.6. The van der Waals surface area contributed by atoms with Gasteiger partial charge in [-0.3, -0.25) is 19.2 Å². The molecule has 2 aromatic carbocycles. The number of nitrogens with one attached hydrogen (secondary N) is 2. The Bertz CT molecular complexity index is 1630. The number of ether oxygens (including phenoxy) is 4. The maximum absolute atomic E-state index is 14.8. The summed E-state index contributed by atoms with van der Waals surface area (Å²) in [6.07, 6.45) is 8.05. The zero-order valence-electron chi connectivity index (χ0n) is 31.4. The molecule has 13 nitrogen and oxygen atoms in total. The van der Waals surface area contributed by atoms with E-state index >= 15 is 0 Å². The number of fused-ring (bicyclic) bond motifs is 4. The van der Waals surface area contributed by atoms with Crippen LogP contribution in [0.25, 0.3) is 6.08 Å². The molecule has 4 fully saturated rings. The molecular weight excluding hydrogens is 694 g/mol. The fraction of sp³-hybridized carbons (Fsp3) is 0.585. The first-order chi connectivity index (χ1) is 26.3. The average molecular weight is 750 g/mol. The molecule has 0 aromatic heterocycles. The van der Waals surface area contributed by atoms with Crippen LogP contribution in [-0.4, -0.2) is 95.7 Å². The minimum atomic E-state index is -1.36. The molecule has 2 aromatic rings. The maximum atomic E-state index is 14.8. The van der Waals surface area contributed by atoms with E-state index in [0.29, 0.717) is 24.0 Å². The van der Waals surface area contributed by atoms with Crippen LogP contribution in [-0.2, 0) is 46.5 Å². The predicted octanol–water partition coefficient (Wildman–Crippen LogP) is 4.15. The SMILES string of the molecule is CCCCCC1(CCCCC)O[C@@H]2[C@H]3ON(Cc4ccccc4C=COCCO)[C@H]4C(=O)OC(CC34C(=O)NCc3cccc(C(=O)NCCO)c3)[C@@H]2O1. The van der Waals surface area contributed by atoms with Crippen molar-refractivity contribution < 1.29 is 48.4 Å². The Morgan fingerprint density at radius 1 is 0.963 bits per heavy atom. The van der Waals surface area contributed by atoms with Crippen molar-refractivity contribution in [2.45, 2.75) is 121 Å². The van der Waals surface area contributed by atoms with Gasteiger partial charge in [-0.15, -0.1) is 0 Å². The van der Waals surface area contributed by atoms with Gasteiger partial charge in [-0.2, -0.15) is 5.06 Å². The van der Waals surface area contributed by atoms with E-state index < -0.39 is 47.6 Å². The highest BCUT2D eigenvalue weighted by Gasteiger charge is 2.76. The average Bonchev–Trinajstić information content (AvgIpc) is 3.74. The number of hydrogen-bond donors (Lipinski definition) is 4. The number of aliphatic hydroxyl groups excluding tert-OH is 2. The summed E-state index contributed by atoms with van der Waals surface area (Å²) in [6, 6.07) is 13.5. The first kappa shape index (κ1) is 39.8. The van der Waals surface area contributed by atoms with Crippen molar-refractivity contribution in [3.8, 4) is 0 Å². The van der Waals surface area contributed by atoms with Gasteiger partial charge in [0.1, 0.15) is 36.4 Å². The third kappa shape index (κ3) is 8.36. The number of rotatable bonds is 20. The molecule has 6 rings (SSSR count). The lowest BCUT2D eigenvalue weighted by atomic mass is 9.62. The highest BCUT2D eigenvalue weighted by atomic mass is 16.8. The fourth-order valence-electron chi connectivity index (χ4n) is 8.39. The third-order valence-electron chi connectivity index (χ3n) is 11.0. The van der Waals surface area contributed by atoms with E-state index in [9.17, 15) is 14.4 Å². The molecule has 3 heterocycles. The molecule has 2 amide bonds. The van der Waals surface area contributed by atoms with Crippen LogP contribution in [0.15, 0.2) is 54.8 Å². The van der Waals surface area contributed by atoms with E-state index in [2.05, 4.69) is 24.5 Å². The molecule has 294 valence electrons. The number of aliphatic hydroxyl groups is 2. The molecule has 2 bridgehead atoms. The van der Waals surface area contributed by atoms with E-state index in [1.807, 2.05) is 30.3 Å². The van der Waals surface area contributed by atoms with Crippen LogP contribution in [0.4, 0.5) is 0 Å². The lowest BCUT2D eigenvalue weighted by Gasteiger charge is -2.48. The van der Waals surface area contributed by atoms with Crippen molar-refractivity contribution in [1.29, 1.82) is 0 Å². The molecule has 3 saturated heterocycles. The molecular formula is C41H55N3O10. The molecule has 3 aliphatic heterocycles. The van der Waals surface area contributed by atoms with E-state index in [1.165, 1.54) is 6.26 Å². The molecule has 6 atom stereocenters. The Kier molecular flexibility index (Phi) is 13.4. The van der Waals surface area contributed by atoms with Gasteiger partial charge < -0.3 is 39.8 Å². The monoisotopic (exact) mass is 749 g/mol. The van der Waals surface area contributed by atoms with Crippen LogP contribution in [0, 0.1) is 5.41 Å². The van der Waals surface area contributed by atoms with Gasteiger partial charge in [0.05, 0.1) is 26.0 Å². The minimum absolute atomic E-state index is 0.103. The van der Waals surface area contributed by atoms with Gasteiger partial charge in [0.15, 0.2) is 11.8 Å². The summed E-state index contributed by atoms with van der Waals surface area (Å²) in [5.41, 5.74) is 1.38. The standard InChI is InChI=1S/C41H55N3O10/c1-3-5-9-17-40(18-10-6-4-2)52-33-32-25-41(39(49)43-26-28-12-11-15-30(24-28)37(47)42-19-20-45)35(38(48)51-32)44(54-36(41)34(33)53-40)27-31-14-8-7-13-29(31)16-22-50-23-21-46/h7-8,11-16,22,24,32-36,45-46H,3-6,9-10,17-21,23,25-27H2,1-2H3,(H,42,47)(H,43,49)/t32?,33-,34-,35-,36+,41?/m0/s1. The molecule has 1 aliphatic carbocycles. The largest absolute Gasteiger partial charge is 0.499 e. The smallest absolute Gasteiger partial charge is 0.327 e. The number of hydrogen-bond acceptors (Lipinski definition) is 11. The number of esters is 1. The number of amides is 2. The molecule has 0 radical (unpaired) electrons. The predicted molar refractivity (Wildman–Crippen MR) is 198 cm³/mol. The normalized spacial score (nSPS) is 26.7. The summed E-state index contributed by atoms with van der Waals surface area (Å²) >= 11 is 0. The summed E-state index contributed by atoms with van der Waals surface area (Å²) in [4.78, 5) is 48.4. The Hall–Kier alpha value is -3.85. The van der Waals surface area contributed by atoms with Crippen LogP contribution in [0.1, 0.15) is 98.7 Å². The van der Waals surface area contributed by atoms with E-state index in [0.717, 1.165) is 49.7 Å². The lowest BCUT2D eigenvalue weighted by molar-refractivity contribution is -0.224. The van der Waals surface area contributed by atoms with E-state index in [1.54, 1.807) is 29.3 Å². The van der Waals surface area contributed by atoms with Crippen LogP contribution >= 0.6 is 0 Å². The minimum Gasteiger partial charge on any atom is -0.499 e. The number of unbranched alkanes of at least 4 members (excludes halogenated alkanes) is 4. The van der Waals surface area contributed by atoms with Gasteiger partial charge >= 0.3 is 5.97 Å². The van der Waals surface area contributed by atoms with Crippen molar-refractivity contribution in [1.82, 2.24) is 15.7 Å². The lowest BCUT2D eigenvalue weighted by Crippen LogP contribution is -2.69. The Balaban J connectivity index is 1.32. The summed E-state index contributed by atoms with van der Waals surface area (Å²) in [5.74, 6) is -2.12. The molecule has 4 N–H and O–H groups in total. The second-order valence-corrected chi connectivity index (χ2v) is 14.7. The van der Waals surface area contributed by atoms with Crippen LogP contribution < -0.4 is 10.6 Å². The summed E-state index contributed by atoms with van der Waals surface area (Å²) in [7, 11) is 0. The van der Waals surface area contributed by atoms with E-state index in [4.69, 9.17) is 34.0 Å². The van der Waals surface area contributed by atoms with Gasteiger partial charge in [0.2, 0.25) is 5.91 Å². The molecule has 13 heteroatoms. The second-order valence-electron chi connectivity index (χ2n) is 14.7. The third-order valence-corrected chi connectivity index (χ3v) is 11.0. The Morgan fingerprint density at radius 3 is 2.46 bits per heavy atom. The molecule has 2 unspecified atom stereocenters. The van der Waals surface area contributed by atoms with Crippen molar-refractivity contribution in [3.63, 3.8) is 0 Å². The van der Waals surface area contributed by atoms with Gasteiger partial charge in [0, 0.05) is 37.9 Å². The van der Waals surface area contributed by atoms with E-state index in [-0.39, 0.29) is 57.7 Å². The number of nitrogens with zero attached hydrogens (tertiary/aromatic N) is 1. The first-order valence-corrected chi connectivity index (χ1v) is 19.5. The van der Waals surface area contributed by atoms with Crippen molar-refractivity contribution in [3.05, 3.63) is 77.0 Å². The topological polar surface area (TPSA) is 165 Å².